The summed E-state index contributed by atoms with van der Waals surface area (Å²) in [6.45, 7) is 6.76. The summed E-state index contributed by atoms with van der Waals surface area (Å²) in [6.07, 6.45) is 1.71. The van der Waals surface area contributed by atoms with Gasteiger partial charge in [0, 0.05) is 28.8 Å². The second-order valence-electron chi connectivity index (χ2n) is 3.37. The van der Waals surface area contributed by atoms with E-state index in [0.29, 0.717) is 24.3 Å². The van der Waals surface area contributed by atoms with Crippen molar-refractivity contribution in [2.45, 2.75) is 6.92 Å². The van der Waals surface area contributed by atoms with Crippen molar-refractivity contribution in [1.29, 1.82) is 0 Å². The van der Waals surface area contributed by atoms with Crippen LogP contribution in [0.3, 0.4) is 0 Å². The SMILES string of the molecule is C=CCN(CC)C(=O)c1ccc(Br)c(N)c1. The molecule has 0 atom stereocenters. The average Bonchev–Trinajstić information content (AvgIpc) is 2.28. The maximum absolute atomic E-state index is 12.0. The fourth-order valence-corrected chi connectivity index (χ4v) is 1.62. The summed E-state index contributed by atoms with van der Waals surface area (Å²) in [4.78, 5) is 13.7. The molecule has 0 aliphatic rings. The summed E-state index contributed by atoms with van der Waals surface area (Å²) in [7, 11) is 0. The molecule has 0 unspecified atom stereocenters. The Morgan fingerprint density at radius 1 is 1.62 bits per heavy atom. The van der Waals surface area contributed by atoms with Crippen LogP contribution in [-0.4, -0.2) is 23.9 Å². The van der Waals surface area contributed by atoms with Crippen molar-refractivity contribution < 1.29 is 4.79 Å². The van der Waals surface area contributed by atoms with E-state index in [1.165, 1.54) is 0 Å². The second kappa shape index (κ2) is 5.70. The predicted molar refractivity (Wildman–Crippen MR) is 70.3 cm³/mol. The minimum absolute atomic E-state index is 0.0263. The van der Waals surface area contributed by atoms with Crippen molar-refractivity contribution in [3.8, 4) is 0 Å². The highest BCUT2D eigenvalue weighted by atomic mass is 79.9. The zero-order valence-electron chi connectivity index (χ0n) is 9.24. The van der Waals surface area contributed by atoms with Gasteiger partial charge >= 0.3 is 0 Å². The van der Waals surface area contributed by atoms with Gasteiger partial charge in [-0.05, 0) is 41.1 Å². The van der Waals surface area contributed by atoms with Crippen LogP contribution >= 0.6 is 15.9 Å². The summed E-state index contributed by atoms with van der Waals surface area (Å²) < 4.78 is 0.802. The molecule has 0 fully saturated rings. The van der Waals surface area contributed by atoms with Gasteiger partial charge < -0.3 is 10.6 Å². The van der Waals surface area contributed by atoms with E-state index < -0.39 is 0 Å². The third-order valence-electron chi connectivity index (χ3n) is 2.26. The van der Waals surface area contributed by atoms with Gasteiger partial charge in [0.25, 0.3) is 5.91 Å². The number of rotatable bonds is 4. The molecule has 0 saturated heterocycles. The minimum Gasteiger partial charge on any atom is -0.398 e. The van der Waals surface area contributed by atoms with E-state index >= 15 is 0 Å². The van der Waals surface area contributed by atoms with Gasteiger partial charge in [-0.2, -0.15) is 0 Å². The van der Waals surface area contributed by atoms with Gasteiger partial charge in [-0.25, -0.2) is 0 Å². The summed E-state index contributed by atoms with van der Waals surface area (Å²) in [5.41, 5.74) is 6.91. The summed E-state index contributed by atoms with van der Waals surface area (Å²) in [5, 5.41) is 0. The number of anilines is 1. The molecule has 0 aliphatic carbocycles. The molecule has 0 aromatic heterocycles. The van der Waals surface area contributed by atoms with E-state index in [2.05, 4.69) is 22.5 Å². The van der Waals surface area contributed by atoms with Crippen LogP contribution in [-0.2, 0) is 0 Å². The molecule has 1 aromatic carbocycles. The minimum atomic E-state index is -0.0263. The summed E-state index contributed by atoms with van der Waals surface area (Å²) in [5.74, 6) is -0.0263. The quantitative estimate of drug-likeness (QED) is 0.682. The van der Waals surface area contributed by atoms with Crippen molar-refractivity contribution in [2.24, 2.45) is 0 Å². The average molecular weight is 283 g/mol. The Labute approximate surface area is 104 Å². The number of halogens is 1. The molecule has 4 heteroatoms. The van der Waals surface area contributed by atoms with E-state index in [0.717, 1.165) is 4.47 Å². The molecule has 0 bridgehead atoms. The first-order chi connectivity index (χ1) is 7.60. The lowest BCUT2D eigenvalue weighted by molar-refractivity contribution is 0.0782. The van der Waals surface area contributed by atoms with Gasteiger partial charge in [-0.3, -0.25) is 4.79 Å². The normalized spacial score (nSPS) is 9.88. The fourth-order valence-electron chi connectivity index (χ4n) is 1.37. The van der Waals surface area contributed by atoms with Crippen molar-refractivity contribution in [1.82, 2.24) is 4.90 Å². The molecule has 0 spiro atoms. The van der Waals surface area contributed by atoms with E-state index in [-0.39, 0.29) is 5.91 Å². The molecule has 0 heterocycles. The molecule has 2 N–H and O–H groups in total. The van der Waals surface area contributed by atoms with Gasteiger partial charge in [0.2, 0.25) is 0 Å². The molecule has 1 amide bonds. The van der Waals surface area contributed by atoms with Gasteiger partial charge in [0.1, 0.15) is 0 Å². The Balaban J connectivity index is 2.94. The van der Waals surface area contributed by atoms with Crippen molar-refractivity contribution >= 4 is 27.5 Å². The van der Waals surface area contributed by atoms with Crippen LogP contribution in [0.5, 0.6) is 0 Å². The molecular weight excluding hydrogens is 268 g/mol. The molecular formula is C12H15BrN2O. The maximum Gasteiger partial charge on any atom is 0.254 e. The van der Waals surface area contributed by atoms with Crippen LogP contribution < -0.4 is 5.73 Å². The number of hydrogen-bond donors (Lipinski definition) is 1. The van der Waals surface area contributed by atoms with Crippen LogP contribution in [0.4, 0.5) is 5.69 Å². The van der Waals surface area contributed by atoms with Crippen LogP contribution in [0.15, 0.2) is 35.3 Å². The molecule has 0 saturated carbocycles. The Morgan fingerprint density at radius 3 is 2.81 bits per heavy atom. The number of carbonyl (C=O) groups is 1. The van der Waals surface area contributed by atoms with E-state index in [4.69, 9.17) is 5.73 Å². The van der Waals surface area contributed by atoms with Gasteiger partial charge in [0.15, 0.2) is 0 Å². The lowest BCUT2D eigenvalue weighted by atomic mass is 10.2. The van der Waals surface area contributed by atoms with Crippen LogP contribution in [0.1, 0.15) is 17.3 Å². The molecule has 16 heavy (non-hydrogen) atoms. The van der Waals surface area contributed by atoms with Gasteiger partial charge in [0.05, 0.1) is 0 Å². The number of hydrogen-bond acceptors (Lipinski definition) is 2. The van der Waals surface area contributed by atoms with Crippen molar-refractivity contribution in [3.05, 3.63) is 40.9 Å². The van der Waals surface area contributed by atoms with Crippen molar-refractivity contribution in [3.63, 3.8) is 0 Å². The number of likely N-dealkylation sites (N-methyl/N-ethyl adjacent to an activating group) is 1. The first-order valence-corrected chi connectivity index (χ1v) is 5.84. The zero-order valence-corrected chi connectivity index (χ0v) is 10.8. The number of carbonyl (C=O) groups excluding carboxylic acids is 1. The third-order valence-corrected chi connectivity index (χ3v) is 2.98. The monoisotopic (exact) mass is 282 g/mol. The number of benzene rings is 1. The Hall–Kier alpha value is -1.29. The first-order valence-electron chi connectivity index (χ1n) is 5.05. The van der Waals surface area contributed by atoms with Crippen LogP contribution in [0, 0.1) is 0 Å². The highest BCUT2D eigenvalue weighted by Crippen LogP contribution is 2.21. The lowest BCUT2D eigenvalue weighted by Crippen LogP contribution is -2.30. The summed E-state index contributed by atoms with van der Waals surface area (Å²) >= 11 is 3.30. The predicted octanol–water partition coefficient (Wildman–Crippen LogP) is 2.68. The van der Waals surface area contributed by atoms with Crippen LogP contribution in [0.25, 0.3) is 0 Å². The maximum atomic E-state index is 12.0. The fraction of sp³-hybridized carbons (Fsp3) is 0.250. The number of nitrogen functional groups attached to an aromatic ring is 1. The van der Waals surface area contributed by atoms with Gasteiger partial charge in [-0.1, -0.05) is 6.08 Å². The molecule has 86 valence electrons. The molecule has 1 rings (SSSR count). The Morgan fingerprint density at radius 2 is 2.31 bits per heavy atom. The first kappa shape index (κ1) is 12.8. The molecule has 3 nitrogen and oxygen atoms in total. The number of nitrogens with zero attached hydrogens (tertiary/aromatic N) is 1. The van der Waals surface area contributed by atoms with E-state index in [9.17, 15) is 4.79 Å². The van der Waals surface area contributed by atoms with E-state index in [1.807, 2.05) is 6.92 Å². The highest BCUT2D eigenvalue weighted by Gasteiger charge is 2.13. The van der Waals surface area contributed by atoms with Crippen molar-refractivity contribution in [2.75, 3.05) is 18.8 Å². The number of nitrogens with two attached hydrogens (primary N) is 1. The van der Waals surface area contributed by atoms with Crippen LogP contribution in [0.2, 0.25) is 0 Å². The molecule has 1 aromatic rings. The smallest absolute Gasteiger partial charge is 0.254 e. The summed E-state index contributed by atoms with van der Waals surface area (Å²) in [6, 6.07) is 5.22. The van der Waals surface area contributed by atoms with Gasteiger partial charge in [-0.15, -0.1) is 6.58 Å². The Kier molecular flexibility index (Phi) is 4.55. The third kappa shape index (κ3) is 2.85. The largest absolute Gasteiger partial charge is 0.398 e. The lowest BCUT2D eigenvalue weighted by Gasteiger charge is -2.19. The second-order valence-corrected chi connectivity index (χ2v) is 4.22. The standard InChI is InChI=1S/C12H15BrN2O/c1-3-7-15(4-2)12(16)9-5-6-10(13)11(14)8-9/h3,5-6,8H,1,4,7,14H2,2H3. The molecule has 0 aliphatic heterocycles. The zero-order chi connectivity index (χ0) is 12.1. The highest BCUT2D eigenvalue weighted by molar-refractivity contribution is 9.10. The van der Waals surface area contributed by atoms with E-state index in [1.54, 1.807) is 29.2 Å². The Bertz CT molecular complexity index is 404. The molecule has 0 radical (unpaired) electrons. The topological polar surface area (TPSA) is 46.3 Å². The number of amides is 1.